The van der Waals surface area contributed by atoms with Crippen LogP contribution in [0.1, 0.15) is 20.7 Å². The highest BCUT2D eigenvalue weighted by Crippen LogP contribution is 2.19. The molecule has 0 aliphatic rings. The van der Waals surface area contributed by atoms with Crippen LogP contribution in [0.2, 0.25) is 0 Å². The average molecular weight is 471 g/mol. The Hall–Kier alpha value is -2.60. The van der Waals surface area contributed by atoms with Crippen molar-refractivity contribution in [2.24, 2.45) is 0 Å². The van der Waals surface area contributed by atoms with E-state index in [9.17, 15) is 24.8 Å². The SMILES string of the molecule is O=C(NC(=S)Nc1ccc(I)cc1C(=O)O)c1cccc([N+](=O)[O-])c1. The predicted molar refractivity (Wildman–Crippen MR) is 103 cm³/mol. The molecule has 3 N–H and O–H groups in total. The first kappa shape index (κ1) is 18.7. The first-order chi connectivity index (χ1) is 11.8. The second-order valence-electron chi connectivity index (χ2n) is 4.71. The number of carbonyl (C=O) groups is 2. The molecule has 2 aromatic carbocycles. The molecule has 2 aromatic rings. The van der Waals surface area contributed by atoms with Gasteiger partial charge >= 0.3 is 5.97 Å². The van der Waals surface area contributed by atoms with Crippen LogP contribution in [0.15, 0.2) is 42.5 Å². The molecule has 0 aliphatic carbocycles. The summed E-state index contributed by atoms with van der Waals surface area (Å²) in [4.78, 5) is 33.5. The fourth-order valence-electron chi connectivity index (χ4n) is 1.89. The maximum absolute atomic E-state index is 12.1. The van der Waals surface area contributed by atoms with E-state index < -0.39 is 16.8 Å². The van der Waals surface area contributed by atoms with Crippen molar-refractivity contribution < 1.29 is 19.6 Å². The number of hydrogen-bond donors (Lipinski definition) is 3. The van der Waals surface area contributed by atoms with Crippen molar-refractivity contribution in [3.8, 4) is 0 Å². The molecule has 1 amide bonds. The summed E-state index contributed by atoms with van der Waals surface area (Å²) < 4.78 is 0.729. The van der Waals surface area contributed by atoms with Gasteiger partial charge in [0.1, 0.15) is 0 Å². The van der Waals surface area contributed by atoms with E-state index in [1.807, 2.05) is 22.6 Å². The summed E-state index contributed by atoms with van der Waals surface area (Å²) in [5.41, 5.74) is 0.0489. The molecule has 25 heavy (non-hydrogen) atoms. The molecular formula is C15H10IN3O5S. The number of thiocarbonyl (C=S) groups is 1. The second kappa shape index (κ2) is 7.98. The van der Waals surface area contributed by atoms with Crippen molar-refractivity contribution >= 4 is 63.2 Å². The molecule has 8 nitrogen and oxygen atoms in total. The topological polar surface area (TPSA) is 122 Å². The molecule has 10 heteroatoms. The Morgan fingerprint density at radius 2 is 1.92 bits per heavy atom. The summed E-state index contributed by atoms with van der Waals surface area (Å²) in [5, 5.41) is 24.8. The minimum absolute atomic E-state index is 0.00107. The largest absolute Gasteiger partial charge is 0.478 e. The van der Waals surface area contributed by atoms with Gasteiger partial charge in [-0.15, -0.1) is 0 Å². The Morgan fingerprint density at radius 3 is 2.56 bits per heavy atom. The van der Waals surface area contributed by atoms with Crippen LogP contribution < -0.4 is 10.6 Å². The molecule has 2 rings (SSSR count). The summed E-state index contributed by atoms with van der Waals surface area (Å²) in [7, 11) is 0. The van der Waals surface area contributed by atoms with Crippen molar-refractivity contribution in [1.29, 1.82) is 0 Å². The monoisotopic (exact) mass is 471 g/mol. The number of nitro groups is 1. The van der Waals surface area contributed by atoms with E-state index in [4.69, 9.17) is 12.2 Å². The number of benzene rings is 2. The minimum atomic E-state index is -1.14. The Morgan fingerprint density at radius 1 is 1.20 bits per heavy atom. The van der Waals surface area contributed by atoms with Crippen LogP contribution in [0.3, 0.4) is 0 Å². The van der Waals surface area contributed by atoms with Gasteiger partial charge < -0.3 is 10.4 Å². The Kier molecular flexibility index (Phi) is 5.98. The van der Waals surface area contributed by atoms with Crippen molar-refractivity contribution in [2.75, 3.05) is 5.32 Å². The number of nitrogens with zero attached hydrogens (tertiary/aromatic N) is 1. The molecule has 0 bridgehead atoms. The van der Waals surface area contributed by atoms with Crippen LogP contribution in [0.5, 0.6) is 0 Å². The number of nitrogens with one attached hydrogen (secondary N) is 2. The fourth-order valence-corrected chi connectivity index (χ4v) is 2.59. The number of carbonyl (C=O) groups excluding carboxylic acids is 1. The summed E-state index contributed by atoms with van der Waals surface area (Å²) in [6.45, 7) is 0. The standard InChI is InChI=1S/C15H10IN3O5S/c16-9-4-5-12(11(7-9)14(21)22)17-15(25)18-13(20)8-2-1-3-10(6-8)19(23)24/h1-7H,(H,21,22)(H2,17,18,20,25). The number of rotatable bonds is 4. The summed E-state index contributed by atoms with van der Waals surface area (Å²) >= 11 is 6.98. The van der Waals surface area contributed by atoms with Crippen LogP contribution in [0.25, 0.3) is 0 Å². The van der Waals surface area contributed by atoms with Crippen LogP contribution in [0.4, 0.5) is 11.4 Å². The minimum Gasteiger partial charge on any atom is -0.478 e. The highest BCUT2D eigenvalue weighted by atomic mass is 127. The van der Waals surface area contributed by atoms with Crippen molar-refractivity contribution in [3.63, 3.8) is 0 Å². The molecule has 0 fully saturated rings. The third kappa shape index (κ3) is 4.93. The first-order valence-corrected chi connectivity index (χ1v) is 8.16. The summed E-state index contributed by atoms with van der Waals surface area (Å²) in [6.07, 6.45) is 0. The number of amides is 1. The number of halogens is 1. The molecule has 0 saturated heterocycles. The van der Waals surface area contributed by atoms with Crippen molar-refractivity contribution in [3.05, 3.63) is 67.3 Å². The number of nitro benzene ring substituents is 1. The van der Waals surface area contributed by atoms with Gasteiger partial charge in [-0.25, -0.2) is 4.79 Å². The predicted octanol–water partition coefficient (Wildman–Crippen LogP) is 3.02. The first-order valence-electron chi connectivity index (χ1n) is 6.67. The van der Waals surface area contributed by atoms with Gasteiger partial charge in [0.2, 0.25) is 0 Å². The molecule has 0 aliphatic heterocycles. The van der Waals surface area contributed by atoms with E-state index in [1.54, 1.807) is 6.07 Å². The van der Waals surface area contributed by atoms with Gasteiger partial charge in [0, 0.05) is 21.3 Å². The average Bonchev–Trinajstić information content (AvgIpc) is 2.56. The molecule has 128 valence electrons. The lowest BCUT2D eigenvalue weighted by Gasteiger charge is -2.12. The van der Waals surface area contributed by atoms with Gasteiger partial charge in [0.05, 0.1) is 16.2 Å². The molecule has 0 saturated carbocycles. The lowest BCUT2D eigenvalue weighted by atomic mass is 10.2. The lowest BCUT2D eigenvalue weighted by molar-refractivity contribution is -0.384. The smallest absolute Gasteiger partial charge is 0.337 e. The molecule has 0 heterocycles. The van der Waals surface area contributed by atoms with Gasteiger partial charge in [-0.1, -0.05) is 6.07 Å². The van der Waals surface area contributed by atoms with Gasteiger partial charge in [-0.3, -0.25) is 20.2 Å². The number of non-ortho nitro benzene ring substituents is 1. The van der Waals surface area contributed by atoms with Crippen LogP contribution >= 0.6 is 34.8 Å². The molecule has 0 atom stereocenters. The maximum Gasteiger partial charge on any atom is 0.337 e. The number of hydrogen-bond acceptors (Lipinski definition) is 5. The lowest BCUT2D eigenvalue weighted by Crippen LogP contribution is -2.34. The van der Waals surface area contributed by atoms with E-state index in [1.165, 1.54) is 30.3 Å². The highest BCUT2D eigenvalue weighted by Gasteiger charge is 2.15. The Labute approximate surface area is 160 Å². The quantitative estimate of drug-likeness (QED) is 0.271. The van der Waals surface area contributed by atoms with Gasteiger partial charge in [0.25, 0.3) is 11.6 Å². The van der Waals surface area contributed by atoms with E-state index in [2.05, 4.69) is 10.6 Å². The zero-order chi connectivity index (χ0) is 18.6. The Bertz CT molecular complexity index is 887. The van der Waals surface area contributed by atoms with Crippen LogP contribution in [0, 0.1) is 13.7 Å². The fraction of sp³-hybridized carbons (Fsp3) is 0. The normalized spacial score (nSPS) is 9.96. The number of aromatic carboxylic acids is 1. The third-order valence-corrected chi connectivity index (χ3v) is 3.88. The molecule has 0 radical (unpaired) electrons. The van der Waals surface area contributed by atoms with E-state index >= 15 is 0 Å². The van der Waals surface area contributed by atoms with E-state index in [0.29, 0.717) is 0 Å². The van der Waals surface area contributed by atoms with Crippen molar-refractivity contribution in [1.82, 2.24) is 5.32 Å². The van der Waals surface area contributed by atoms with E-state index in [-0.39, 0.29) is 27.6 Å². The third-order valence-electron chi connectivity index (χ3n) is 3.01. The van der Waals surface area contributed by atoms with Crippen molar-refractivity contribution in [2.45, 2.75) is 0 Å². The zero-order valence-electron chi connectivity index (χ0n) is 12.4. The number of carboxylic acids is 1. The Balaban J connectivity index is 2.13. The van der Waals surface area contributed by atoms with Gasteiger partial charge in [-0.05, 0) is 59.1 Å². The highest BCUT2D eigenvalue weighted by molar-refractivity contribution is 14.1. The summed E-state index contributed by atoms with van der Waals surface area (Å²) in [5.74, 6) is -1.79. The number of anilines is 1. The molecular weight excluding hydrogens is 461 g/mol. The van der Waals surface area contributed by atoms with E-state index in [0.717, 1.165) is 9.64 Å². The van der Waals surface area contributed by atoms with Gasteiger partial charge in [0.15, 0.2) is 5.11 Å². The van der Waals surface area contributed by atoms with Crippen LogP contribution in [-0.2, 0) is 0 Å². The summed E-state index contributed by atoms with van der Waals surface area (Å²) in [6, 6.07) is 9.82. The molecule has 0 spiro atoms. The van der Waals surface area contributed by atoms with Crippen LogP contribution in [-0.4, -0.2) is 27.0 Å². The maximum atomic E-state index is 12.1. The zero-order valence-corrected chi connectivity index (χ0v) is 15.3. The molecule has 0 unspecified atom stereocenters. The van der Waals surface area contributed by atoms with Gasteiger partial charge in [-0.2, -0.15) is 0 Å². The second-order valence-corrected chi connectivity index (χ2v) is 6.36. The molecule has 0 aromatic heterocycles. The number of carboxylic acid groups (broad SMARTS) is 1.